The predicted molar refractivity (Wildman–Crippen MR) is 125 cm³/mol. The SMILES string of the molecule is COc1cc(Nc2ncc(F)c(Nc3ccc4c(n3)BC(=O)C(C)(C)O4)n2)cc(OC)c1OC. The van der Waals surface area contributed by atoms with E-state index >= 15 is 0 Å². The van der Waals surface area contributed by atoms with E-state index in [2.05, 4.69) is 25.6 Å². The molecule has 2 aromatic heterocycles. The van der Waals surface area contributed by atoms with Crippen LogP contribution in [0.5, 0.6) is 23.0 Å². The highest BCUT2D eigenvalue weighted by Crippen LogP contribution is 2.40. The van der Waals surface area contributed by atoms with Crippen molar-refractivity contribution in [1.29, 1.82) is 0 Å². The molecule has 0 unspecified atom stereocenters. The third-order valence-electron chi connectivity index (χ3n) is 5.21. The number of hydrogen-bond acceptors (Lipinski definition) is 10. The van der Waals surface area contributed by atoms with Crippen molar-refractivity contribution in [2.75, 3.05) is 32.0 Å². The van der Waals surface area contributed by atoms with Gasteiger partial charge in [0, 0.05) is 17.8 Å². The molecule has 0 bridgehead atoms. The highest BCUT2D eigenvalue weighted by molar-refractivity contribution is 6.85. The summed E-state index contributed by atoms with van der Waals surface area (Å²) in [5.41, 5.74) is 0.0157. The Balaban J connectivity index is 1.58. The van der Waals surface area contributed by atoms with Gasteiger partial charge in [-0.3, -0.25) is 0 Å². The van der Waals surface area contributed by atoms with E-state index in [1.807, 2.05) is 0 Å². The van der Waals surface area contributed by atoms with Gasteiger partial charge < -0.3 is 34.4 Å². The molecule has 176 valence electrons. The summed E-state index contributed by atoms with van der Waals surface area (Å²) in [4.78, 5) is 24.8. The molecule has 0 fully saturated rings. The number of pyridine rings is 1. The lowest BCUT2D eigenvalue weighted by Gasteiger charge is -2.30. The highest BCUT2D eigenvalue weighted by atomic mass is 19.1. The van der Waals surface area contributed by atoms with E-state index in [9.17, 15) is 9.18 Å². The Labute approximate surface area is 196 Å². The molecule has 0 radical (unpaired) electrons. The summed E-state index contributed by atoms with van der Waals surface area (Å²) < 4.78 is 36.2. The molecule has 1 aromatic carbocycles. The van der Waals surface area contributed by atoms with Crippen LogP contribution in [0.2, 0.25) is 0 Å². The van der Waals surface area contributed by atoms with Gasteiger partial charge in [0.25, 0.3) is 7.28 Å². The van der Waals surface area contributed by atoms with Crippen LogP contribution in [0.1, 0.15) is 13.8 Å². The number of fused-ring (bicyclic) bond motifs is 1. The first-order valence-electron chi connectivity index (χ1n) is 10.3. The summed E-state index contributed by atoms with van der Waals surface area (Å²) in [5.74, 6) is 1.48. The van der Waals surface area contributed by atoms with Gasteiger partial charge in [-0.05, 0) is 26.0 Å². The van der Waals surface area contributed by atoms with Crippen molar-refractivity contribution in [3.8, 4) is 23.0 Å². The van der Waals surface area contributed by atoms with Crippen LogP contribution in [-0.4, -0.2) is 54.8 Å². The quantitative estimate of drug-likeness (QED) is 0.502. The normalized spacial score (nSPS) is 13.8. The van der Waals surface area contributed by atoms with Crippen molar-refractivity contribution in [3.05, 3.63) is 36.3 Å². The van der Waals surface area contributed by atoms with Crippen molar-refractivity contribution in [3.63, 3.8) is 0 Å². The standard InChI is InChI=1S/C22H23BFN5O5/c1-22(2)20(30)23-18-13(34-22)6-7-16(27-18)28-19-12(24)10-25-21(29-19)26-11-8-14(31-3)17(33-5)15(9-11)32-4/h6-10,23H,1-5H3,(H2,25,26,27,28,29). The van der Waals surface area contributed by atoms with E-state index in [4.69, 9.17) is 18.9 Å². The van der Waals surface area contributed by atoms with E-state index in [1.165, 1.54) is 21.3 Å². The summed E-state index contributed by atoms with van der Waals surface area (Å²) >= 11 is 0. The van der Waals surface area contributed by atoms with Gasteiger partial charge in [0.1, 0.15) is 17.2 Å². The molecule has 0 amide bonds. The maximum Gasteiger partial charge on any atom is 0.273 e. The Hall–Kier alpha value is -4.09. The first-order valence-corrected chi connectivity index (χ1v) is 10.3. The molecule has 0 saturated carbocycles. The zero-order chi connectivity index (χ0) is 24.5. The topological polar surface area (TPSA) is 117 Å². The number of methoxy groups -OCH3 is 3. The van der Waals surface area contributed by atoms with Crippen molar-refractivity contribution in [2.24, 2.45) is 0 Å². The smallest absolute Gasteiger partial charge is 0.273 e. The number of nitrogens with one attached hydrogen (secondary N) is 2. The number of aromatic nitrogens is 3. The average Bonchev–Trinajstić information content (AvgIpc) is 2.81. The minimum atomic E-state index is -0.907. The van der Waals surface area contributed by atoms with Crippen LogP contribution < -0.4 is 35.2 Å². The molecule has 3 aromatic rings. The lowest BCUT2D eigenvalue weighted by Crippen LogP contribution is -2.51. The second-order valence-corrected chi connectivity index (χ2v) is 7.91. The first-order chi connectivity index (χ1) is 16.2. The van der Waals surface area contributed by atoms with Crippen molar-refractivity contribution >= 4 is 41.8 Å². The maximum atomic E-state index is 14.5. The van der Waals surface area contributed by atoms with Crippen molar-refractivity contribution < 1.29 is 28.1 Å². The number of nitrogens with zero attached hydrogens (tertiary/aromatic N) is 3. The lowest BCUT2D eigenvalue weighted by molar-refractivity contribution is -0.124. The molecule has 3 heterocycles. The summed E-state index contributed by atoms with van der Waals surface area (Å²) in [5, 5.41) is 5.83. The second-order valence-electron chi connectivity index (χ2n) is 7.91. The number of benzene rings is 1. The lowest BCUT2D eigenvalue weighted by atomic mass is 9.62. The first kappa shape index (κ1) is 23.1. The third kappa shape index (κ3) is 4.52. The zero-order valence-electron chi connectivity index (χ0n) is 19.4. The fourth-order valence-corrected chi connectivity index (χ4v) is 3.39. The Morgan fingerprint density at radius 2 is 1.74 bits per heavy atom. The molecule has 0 spiro atoms. The molecule has 4 rings (SSSR count). The van der Waals surface area contributed by atoms with Gasteiger partial charge in [0.05, 0.1) is 33.1 Å². The number of ether oxygens (including phenoxy) is 4. The fraction of sp³-hybridized carbons (Fsp3) is 0.273. The molecule has 0 saturated heterocycles. The molecule has 1 aliphatic heterocycles. The van der Waals surface area contributed by atoms with Crippen LogP contribution in [0.3, 0.4) is 0 Å². The molecule has 0 atom stereocenters. The van der Waals surface area contributed by atoms with Gasteiger partial charge in [0.15, 0.2) is 28.7 Å². The van der Waals surface area contributed by atoms with E-state index < -0.39 is 11.4 Å². The zero-order valence-corrected chi connectivity index (χ0v) is 19.4. The van der Waals surface area contributed by atoms with Crippen LogP contribution in [0.4, 0.5) is 27.7 Å². The average molecular weight is 467 g/mol. The minimum Gasteiger partial charge on any atom is -0.493 e. The van der Waals surface area contributed by atoms with Crippen LogP contribution in [0.15, 0.2) is 30.5 Å². The number of hydrogen-bond donors (Lipinski definition) is 2. The Morgan fingerprint density at radius 3 is 2.38 bits per heavy atom. The highest BCUT2D eigenvalue weighted by Gasteiger charge is 2.36. The molecule has 1 aliphatic rings. The van der Waals surface area contributed by atoms with Gasteiger partial charge in [-0.1, -0.05) is 0 Å². The van der Waals surface area contributed by atoms with Crippen LogP contribution in [0, 0.1) is 5.82 Å². The molecule has 10 nitrogen and oxygen atoms in total. The fourth-order valence-electron chi connectivity index (χ4n) is 3.39. The number of halogens is 1. The summed E-state index contributed by atoms with van der Waals surface area (Å²) in [6.07, 6.45) is 1.03. The van der Waals surface area contributed by atoms with E-state index in [1.54, 1.807) is 38.1 Å². The maximum absolute atomic E-state index is 14.5. The van der Waals surface area contributed by atoms with E-state index in [-0.39, 0.29) is 24.7 Å². The van der Waals surface area contributed by atoms with Gasteiger partial charge in [-0.25, -0.2) is 14.4 Å². The van der Waals surface area contributed by atoms with E-state index in [0.717, 1.165) is 6.20 Å². The molecule has 0 aliphatic carbocycles. The van der Waals surface area contributed by atoms with Gasteiger partial charge in [-0.15, -0.1) is 0 Å². The van der Waals surface area contributed by atoms with Gasteiger partial charge in [-0.2, -0.15) is 4.98 Å². The molecular formula is C22H23BFN5O5. The van der Waals surface area contributed by atoms with Crippen molar-refractivity contribution in [1.82, 2.24) is 15.0 Å². The van der Waals surface area contributed by atoms with Gasteiger partial charge >= 0.3 is 0 Å². The molecule has 2 N–H and O–H groups in total. The largest absolute Gasteiger partial charge is 0.493 e. The Morgan fingerprint density at radius 1 is 1.03 bits per heavy atom. The summed E-state index contributed by atoms with van der Waals surface area (Å²) in [7, 11) is 4.63. The minimum absolute atomic E-state index is 0.0882. The van der Waals surface area contributed by atoms with Crippen LogP contribution in [0.25, 0.3) is 0 Å². The summed E-state index contributed by atoms with van der Waals surface area (Å²) in [6, 6.07) is 6.65. The van der Waals surface area contributed by atoms with Crippen molar-refractivity contribution in [2.45, 2.75) is 19.4 Å². The molecule has 12 heteroatoms. The Bertz CT molecular complexity index is 1230. The number of anilines is 4. The molecule has 34 heavy (non-hydrogen) atoms. The van der Waals surface area contributed by atoms with Crippen LogP contribution in [-0.2, 0) is 4.79 Å². The summed E-state index contributed by atoms with van der Waals surface area (Å²) in [6.45, 7) is 3.42. The van der Waals surface area contributed by atoms with Crippen LogP contribution >= 0.6 is 0 Å². The van der Waals surface area contributed by atoms with Gasteiger partial charge in [0.2, 0.25) is 11.7 Å². The monoisotopic (exact) mass is 467 g/mol. The number of carbonyl (C=O) groups excluding carboxylic acids is 1. The predicted octanol–water partition coefficient (Wildman–Crippen LogP) is 2.28. The Kier molecular flexibility index (Phi) is 6.14. The molecular weight excluding hydrogens is 444 g/mol. The third-order valence-corrected chi connectivity index (χ3v) is 5.21. The second kappa shape index (κ2) is 9.04. The van der Waals surface area contributed by atoms with E-state index in [0.29, 0.717) is 40.1 Å². The number of carbonyl (C=O) groups is 1. The number of rotatable bonds is 7.